The number of fused-ring (bicyclic) bond motifs is 1. The summed E-state index contributed by atoms with van der Waals surface area (Å²) < 4.78 is 0. The maximum atomic E-state index is 12.1. The molecule has 1 atom stereocenters. The van der Waals surface area contributed by atoms with E-state index >= 15 is 0 Å². The molecule has 4 aromatic rings. The van der Waals surface area contributed by atoms with E-state index in [-0.39, 0.29) is 11.2 Å². The van der Waals surface area contributed by atoms with Crippen LogP contribution in [0.3, 0.4) is 0 Å². The van der Waals surface area contributed by atoms with Gasteiger partial charge in [-0.25, -0.2) is 4.98 Å². The van der Waals surface area contributed by atoms with Crippen molar-refractivity contribution in [2.24, 2.45) is 0 Å². The molecule has 7 nitrogen and oxygen atoms in total. The number of amides is 1. The number of hydrogen-bond donors (Lipinski definition) is 1. The molecule has 36 heavy (non-hydrogen) atoms. The summed E-state index contributed by atoms with van der Waals surface area (Å²) in [5.41, 5.74) is 4.10. The van der Waals surface area contributed by atoms with Crippen molar-refractivity contribution < 1.29 is 4.79 Å². The summed E-state index contributed by atoms with van der Waals surface area (Å²) in [6.07, 6.45) is 7.28. The zero-order chi connectivity index (χ0) is 25.3. The minimum absolute atomic E-state index is 0.147. The Labute approximate surface area is 220 Å². The van der Waals surface area contributed by atoms with Gasteiger partial charge in [0.1, 0.15) is 0 Å². The van der Waals surface area contributed by atoms with Crippen LogP contribution in [0.5, 0.6) is 0 Å². The van der Waals surface area contributed by atoms with E-state index in [4.69, 9.17) is 16.6 Å². The maximum Gasteiger partial charge on any atom is 0.222 e. The van der Waals surface area contributed by atoms with Crippen LogP contribution in [0.1, 0.15) is 47.2 Å². The Morgan fingerprint density at radius 2 is 2.00 bits per heavy atom. The molecular weight excluding hydrogens is 492 g/mol. The highest BCUT2D eigenvalue weighted by Gasteiger charge is 2.15. The van der Waals surface area contributed by atoms with Gasteiger partial charge in [-0.15, -0.1) is 10.2 Å². The Bertz CT molecular complexity index is 1330. The molecule has 2 heterocycles. The van der Waals surface area contributed by atoms with Crippen LogP contribution in [0, 0.1) is 0 Å². The van der Waals surface area contributed by atoms with Crippen LogP contribution >= 0.6 is 23.4 Å². The van der Waals surface area contributed by atoms with Crippen molar-refractivity contribution in [1.29, 1.82) is 0 Å². The molecule has 0 aliphatic carbocycles. The van der Waals surface area contributed by atoms with Crippen molar-refractivity contribution in [2.45, 2.75) is 30.9 Å². The van der Waals surface area contributed by atoms with E-state index in [0.29, 0.717) is 11.4 Å². The van der Waals surface area contributed by atoms with Crippen LogP contribution < -0.4 is 0 Å². The highest BCUT2D eigenvalue weighted by atomic mass is 35.5. The van der Waals surface area contributed by atoms with Gasteiger partial charge in [-0.1, -0.05) is 59.3 Å². The molecule has 2 aromatic heterocycles. The molecule has 0 aliphatic heterocycles. The fourth-order valence-electron chi connectivity index (χ4n) is 3.84. The Morgan fingerprint density at radius 3 is 2.81 bits per heavy atom. The molecule has 0 bridgehead atoms. The predicted octanol–water partition coefficient (Wildman–Crippen LogP) is 5.85. The van der Waals surface area contributed by atoms with Gasteiger partial charge in [0.05, 0.1) is 11.2 Å². The van der Waals surface area contributed by atoms with Gasteiger partial charge in [0.25, 0.3) is 0 Å². The summed E-state index contributed by atoms with van der Waals surface area (Å²) >= 11 is 7.96. The summed E-state index contributed by atoms with van der Waals surface area (Å²) in [5.74, 6) is 1.64. The maximum absolute atomic E-state index is 12.1. The van der Waals surface area contributed by atoms with Crippen LogP contribution in [-0.2, 0) is 11.2 Å². The monoisotopic (exact) mass is 520 g/mol. The molecule has 9 heteroatoms. The fraction of sp³-hybridized carbons (Fsp3) is 0.296. The van der Waals surface area contributed by atoms with Crippen LogP contribution in [0.25, 0.3) is 23.1 Å². The van der Waals surface area contributed by atoms with Crippen molar-refractivity contribution >= 4 is 52.3 Å². The molecule has 1 N–H and O–H groups in total. The van der Waals surface area contributed by atoms with Crippen LogP contribution in [0.2, 0.25) is 5.02 Å². The minimum Gasteiger partial charge on any atom is -0.349 e. The second kappa shape index (κ2) is 12.6. The van der Waals surface area contributed by atoms with Crippen molar-refractivity contribution in [3.05, 3.63) is 82.3 Å². The summed E-state index contributed by atoms with van der Waals surface area (Å²) in [6.45, 7) is 0. The number of carbonyl (C=O) groups is 1. The Kier molecular flexibility index (Phi) is 9.08. The number of aromatic amines is 1. The standard InChI is InChI=1S/C27H29ClN6OS/c1-34(2)27(35)15-16-36-25(7-4-8-26-30-32-33-31-26)21-6-3-5-19(17-21)9-13-23-14-11-20-10-12-22(28)18-24(20)29-23/h3,5-6,9-14,17-18,25H,4,7-8,15-16H2,1-2H3,(H,30,31,32,33)/b13-9+. The first kappa shape index (κ1) is 25.9. The van der Waals surface area contributed by atoms with E-state index in [1.54, 1.807) is 19.0 Å². The normalized spacial score (nSPS) is 12.3. The molecule has 1 amide bonds. The van der Waals surface area contributed by atoms with E-state index in [0.717, 1.165) is 53.0 Å². The van der Waals surface area contributed by atoms with E-state index < -0.39 is 0 Å². The molecule has 1 unspecified atom stereocenters. The smallest absolute Gasteiger partial charge is 0.222 e. The number of aromatic nitrogens is 5. The van der Waals surface area contributed by atoms with Crippen LogP contribution in [0.4, 0.5) is 0 Å². The number of thioether (sulfide) groups is 1. The van der Waals surface area contributed by atoms with Crippen molar-refractivity contribution in [2.75, 3.05) is 19.8 Å². The molecule has 186 valence electrons. The van der Waals surface area contributed by atoms with Gasteiger partial charge < -0.3 is 4.90 Å². The SMILES string of the molecule is CN(C)C(=O)CCSC(CCCc1nn[nH]n1)c1cccc(/C=C/c2ccc3ccc(Cl)cc3n2)c1. The highest BCUT2D eigenvalue weighted by molar-refractivity contribution is 7.99. The van der Waals surface area contributed by atoms with Crippen molar-refractivity contribution in [3.8, 4) is 0 Å². The number of halogens is 1. The summed E-state index contributed by atoms with van der Waals surface area (Å²) in [7, 11) is 3.59. The number of nitrogens with zero attached hydrogens (tertiary/aromatic N) is 5. The number of carbonyl (C=O) groups excluding carboxylic acids is 1. The molecule has 0 saturated heterocycles. The van der Waals surface area contributed by atoms with E-state index in [9.17, 15) is 4.79 Å². The molecule has 2 aromatic carbocycles. The molecule has 0 fully saturated rings. The second-order valence-corrected chi connectivity index (χ2v) is 10.4. The quantitative estimate of drug-likeness (QED) is 0.267. The first-order chi connectivity index (χ1) is 17.5. The molecule has 0 radical (unpaired) electrons. The van der Waals surface area contributed by atoms with Gasteiger partial charge >= 0.3 is 0 Å². The second-order valence-electron chi connectivity index (χ2n) is 8.69. The van der Waals surface area contributed by atoms with Crippen molar-refractivity contribution in [3.63, 3.8) is 0 Å². The Hall–Kier alpha value is -3.23. The lowest BCUT2D eigenvalue weighted by Crippen LogP contribution is -2.21. The van der Waals surface area contributed by atoms with Crippen LogP contribution in [0.15, 0.2) is 54.6 Å². The largest absolute Gasteiger partial charge is 0.349 e. The topological polar surface area (TPSA) is 87.7 Å². The summed E-state index contributed by atoms with van der Waals surface area (Å²) in [5, 5.41) is 16.3. The van der Waals surface area contributed by atoms with Crippen molar-refractivity contribution in [1.82, 2.24) is 30.5 Å². The number of pyridine rings is 1. The number of hydrogen-bond acceptors (Lipinski definition) is 6. The summed E-state index contributed by atoms with van der Waals surface area (Å²) in [4.78, 5) is 18.4. The number of tetrazole rings is 1. The van der Waals surface area contributed by atoms with E-state index in [1.165, 1.54) is 5.56 Å². The predicted molar refractivity (Wildman–Crippen MR) is 148 cm³/mol. The number of rotatable bonds is 11. The lowest BCUT2D eigenvalue weighted by molar-refractivity contribution is -0.128. The van der Waals surface area contributed by atoms with Gasteiger partial charge in [0.15, 0.2) is 5.82 Å². The molecule has 4 rings (SSSR count). The number of nitrogens with one attached hydrogen (secondary N) is 1. The van der Waals surface area contributed by atoms with Crippen LogP contribution in [-0.4, -0.2) is 56.3 Å². The molecule has 0 spiro atoms. The first-order valence-electron chi connectivity index (χ1n) is 11.9. The lowest BCUT2D eigenvalue weighted by Gasteiger charge is -2.18. The third-order valence-electron chi connectivity index (χ3n) is 5.79. The zero-order valence-electron chi connectivity index (χ0n) is 20.4. The average molecular weight is 521 g/mol. The molecular formula is C27H29ClN6OS. The van der Waals surface area contributed by atoms with Gasteiger partial charge in [-0.3, -0.25) is 4.79 Å². The zero-order valence-corrected chi connectivity index (χ0v) is 22.0. The lowest BCUT2D eigenvalue weighted by atomic mass is 10.0. The van der Waals surface area contributed by atoms with Gasteiger partial charge in [0.2, 0.25) is 5.91 Å². The molecule has 0 saturated carbocycles. The Balaban J connectivity index is 1.47. The third-order valence-corrected chi connectivity index (χ3v) is 7.38. The number of H-pyrrole nitrogens is 1. The highest BCUT2D eigenvalue weighted by Crippen LogP contribution is 2.35. The van der Waals surface area contributed by atoms with E-state index in [2.05, 4.69) is 57.0 Å². The number of benzene rings is 2. The third kappa shape index (κ3) is 7.38. The average Bonchev–Trinajstić information content (AvgIpc) is 3.40. The molecule has 0 aliphatic rings. The summed E-state index contributed by atoms with van der Waals surface area (Å²) in [6, 6.07) is 18.3. The minimum atomic E-state index is 0.147. The Morgan fingerprint density at radius 1 is 1.14 bits per heavy atom. The fourth-order valence-corrected chi connectivity index (χ4v) is 5.25. The van der Waals surface area contributed by atoms with E-state index in [1.807, 2.05) is 42.1 Å². The van der Waals surface area contributed by atoms with Gasteiger partial charge in [-0.2, -0.15) is 17.0 Å². The van der Waals surface area contributed by atoms with Gasteiger partial charge in [-0.05, 0) is 48.2 Å². The number of aryl methyl sites for hydroxylation is 1. The van der Waals surface area contributed by atoms with Gasteiger partial charge in [0, 0.05) is 48.3 Å². The first-order valence-corrected chi connectivity index (χ1v) is 13.3.